The highest BCUT2D eigenvalue weighted by Crippen LogP contribution is 2.24. The molecule has 0 radical (unpaired) electrons. The molecule has 25 heavy (non-hydrogen) atoms. The van der Waals surface area contributed by atoms with Crippen LogP contribution in [0.2, 0.25) is 0 Å². The quantitative estimate of drug-likeness (QED) is 0.690. The number of hydrogen-bond donors (Lipinski definition) is 2. The molecular formula is C18H18F2N4O. The van der Waals surface area contributed by atoms with Crippen molar-refractivity contribution in [1.29, 1.82) is 0 Å². The summed E-state index contributed by atoms with van der Waals surface area (Å²) in [6.45, 7) is 3.00. The van der Waals surface area contributed by atoms with Gasteiger partial charge in [0.2, 0.25) is 0 Å². The molecule has 0 spiro atoms. The SMILES string of the molecule is CC(CNCc1cn[nH]c1-c1ccc(F)cc1F)Oc1cccnc1. The Morgan fingerprint density at radius 2 is 2.12 bits per heavy atom. The van der Waals surface area contributed by atoms with E-state index in [0.29, 0.717) is 24.5 Å². The third-order valence-electron chi connectivity index (χ3n) is 3.64. The zero-order valence-electron chi connectivity index (χ0n) is 13.7. The molecule has 3 aromatic rings. The molecule has 0 fully saturated rings. The summed E-state index contributed by atoms with van der Waals surface area (Å²) in [5.41, 5.74) is 1.61. The second kappa shape index (κ2) is 7.85. The summed E-state index contributed by atoms with van der Waals surface area (Å²) >= 11 is 0. The number of H-pyrrole nitrogens is 1. The van der Waals surface area contributed by atoms with Gasteiger partial charge in [-0.05, 0) is 31.2 Å². The van der Waals surface area contributed by atoms with Crippen LogP contribution < -0.4 is 10.1 Å². The van der Waals surface area contributed by atoms with Crippen molar-refractivity contribution in [3.63, 3.8) is 0 Å². The molecule has 0 saturated carbocycles. The fourth-order valence-electron chi connectivity index (χ4n) is 2.47. The minimum absolute atomic E-state index is 0.0675. The highest BCUT2D eigenvalue weighted by atomic mass is 19.1. The van der Waals surface area contributed by atoms with Crippen molar-refractivity contribution in [2.45, 2.75) is 19.6 Å². The zero-order chi connectivity index (χ0) is 17.6. The standard InChI is InChI=1S/C18H18F2N4O/c1-12(25-15-3-2-6-21-11-15)8-22-9-13-10-23-24-18(13)16-5-4-14(19)7-17(16)20/h2-7,10-12,22H,8-9H2,1H3,(H,23,24). The van der Waals surface area contributed by atoms with Gasteiger partial charge < -0.3 is 10.1 Å². The van der Waals surface area contributed by atoms with Crippen molar-refractivity contribution < 1.29 is 13.5 Å². The number of rotatable bonds is 7. The molecule has 0 bridgehead atoms. The van der Waals surface area contributed by atoms with E-state index in [4.69, 9.17) is 4.74 Å². The lowest BCUT2D eigenvalue weighted by Gasteiger charge is -2.15. The lowest BCUT2D eigenvalue weighted by atomic mass is 10.1. The van der Waals surface area contributed by atoms with Crippen LogP contribution in [0.3, 0.4) is 0 Å². The van der Waals surface area contributed by atoms with Crippen molar-refractivity contribution in [3.8, 4) is 17.0 Å². The van der Waals surface area contributed by atoms with Crippen molar-refractivity contribution >= 4 is 0 Å². The molecule has 2 N–H and O–H groups in total. The predicted octanol–water partition coefficient (Wildman–Crippen LogP) is 3.31. The van der Waals surface area contributed by atoms with E-state index in [9.17, 15) is 8.78 Å². The van der Waals surface area contributed by atoms with Gasteiger partial charge in [0.05, 0.1) is 18.1 Å². The predicted molar refractivity (Wildman–Crippen MR) is 90.0 cm³/mol. The summed E-state index contributed by atoms with van der Waals surface area (Å²) < 4.78 is 32.7. The number of halogens is 2. The first-order chi connectivity index (χ1) is 12.1. The Morgan fingerprint density at radius 3 is 2.88 bits per heavy atom. The maximum Gasteiger partial charge on any atom is 0.138 e. The number of aromatic amines is 1. The van der Waals surface area contributed by atoms with Crippen molar-refractivity contribution in [3.05, 3.63) is 66.1 Å². The summed E-state index contributed by atoms with van der Waals surface area (Å²) in [6, 6.07) is 7.13. The number of benzene rings is 1. The van der Waals surface area contributed by atoms with Crippen LogP contribution in [-0.2, 0) is 6.54 Å². The van der Waals surface area contributed by atoms with Crippen LogP contribution in [0.5, 0.6) is 5.75 Å². The molecule has 130 valence electrons. The molecule has 0 saturated heterocycles. The Bertz CT molecular complexity index is 823. The van der Waals surface area contributed by atoms with E-state index in [0.717, 1.165) is 11.6 Å². The normalized spacial score (nSPS) is 12.1. The number of nitrogens with zero attached hydrogens (tertiary/aromatic N) is 2. The smallest absolute Gasteiger partial charge is 0.138 e. The van der Waals surface area contributed by atoms with Crippen LogP contribution >= 0.6 is 0 Å². The minimum atomic E-state index is -0.626. The maximum atomic E-state index is 14.0. The van der Waals surface area contributed by atoms with E-state index in [-0.39, 0.29) is 11.7 Å². The number of pyridine rings is 1. The fourth-order valence-corrected chi connectivity index (χ4v) is 2.47. The monoisotopic (exact) mass is 344 g/mol. The topological polar surface area (TPSA) is 62.8 Å². The zero-order valence-corrected chi connectivity index (χ0v) is 13.7. The van der Waals surface area contributed by atoms with Gasteiger partial charge in [0.25, 0.3) is 0 Å². The van der Waals surface area contributed by atoms with Crippen LogP contribution in [0.15, 0.2) is 48.9 Å². The van der Waals surface area contributed by atoms with Crippen LogP contribution in [0.25, 0.3) is 11.3 Å². The fraction of sp³-hybridized carbons (Fsp3) is 0.222. The van der Waals surface area contributed by atoms with Gasteiger partial charge in [-0.1, -0.05) is 0 Å². The average Bonchev–Trinajstić information content (AvgIpc) is 3.04. The lowest BCUT2D eigenvalue weighted by Crippen LogP contribution is -2.28. The van der Waals surface area contributed by atoms with Crippen molar-refractivity contribution in [1.82, 2.24) is 20.5 Å². The van der Waals surface area contributed by atoms with Crippen LogP contribution in [0.1, 0.15) is 12.5 Å². The number of aromatic nitrogens is 3. The average molecular weight is 344 g/mol. The van der Waals surface area contributed by atoms with Gasteiger partial charge in [-0.25, -0.2) is 8.78 Å². The minimum Gasteiger partial charge on any atom is -0.488 e. The summed E-state index contributed by atoms with van der Waals surface area (Å²) in [4.78, 5) is 4.00. The van der Waals surface area contributed by atoms with E-state index < -0.39 is 11.6 Å². The molecular weight excluding hydrogens is 326 g/mol. The number of hydrogen-bond acceptors (Lipinski definition) is 4. The molecule has 1 unspecified atom stereocenters. The Kier molecular flexibility index (Phi) is 5.35. The largest absolute Gasteiger partial charge is 0.488 e. The molecule has 2 heterocycles. The lowest BCUT2D eigenvalue weighted by molar-refractivity contribution is 0.216. The van der Waals surface area contributed by atoms with Crippen LogP contribution in [0, 0.1) is 11.6 Å². The molecule has 7 heteroatoms. The molecule has 0 aliphatic carbocycles. The molecule has 0 aliphatic heterocycles. The maximum absolute atomic E-state index is 14.0. The van der Waals surface area contributed by atoms with E-state index in [1.165, 1.54) is 12.1 Å². The van der Waals surface area contributed by atoms with Crippen LogP contribution in [0.4, 0.5) is 8.78 Å². The third kappa shape index (κ3) is 4.39. The molecule has 2 aromatic heterocycles. The second-order valence-corrected chi connectivity index (χ2v) is 5.64. The molecule has 0 aliphatic rings. The number of nitrogens with one attached hydrogen (secondary N) is 2. The molecule has 5 nitrogen and oxygen atoms in total. The Morgan fingerprint density at radius 1 is 1.24 bits per heavy atom. The number of ether oxygens (including phenoxy) is 1. The summed E-state index contributed by atoms with van der Waals surface area (Å²) in [5, 5.41) is 9.98. The Balaban J connectivity index is 1.58. The Hall–Kier alpha value is -2.80. The van der Waals surface area contributed by atoms with Crippen molar-refractivity contribution in [2.24, 2.45) is 0 Å². The first-order valence-corrected chi connectivity index (χ1v) is 7.88. The van der Waals surface area contributed by atoms with Gasteiger partial charge in [0, 0.05) is 36.5 Å². The highest BCUT2D eigenvalue weighted by Gasteiger charge is 2.13. The van der Waals surface area contributed by atoms with Gasteiger partial charge >= 0.3 is 0 Å². The van der Waals surface area contributed by atoms with E-state index in [1.54, 1.807) is 18.6 Å². The van der Waals surface area contributed by atoms with E-state index in [2.05, 4.69) is 20.5 Å². The first kappa shape index (κ1) is 17.0. The van der Waals surface area contributed by atoms with Crippen LogP contribution in [-0.4, -0.2) is 27.8 Å². The molecule has 1 atom stereocenters. The van der Waals surface area contributed by atoms with Gasteiger partial charge in [0.1, 0.15) is 23.5 Å². The molecule has 3 rings (SSSR count). The molecule has 0 amide bonds. The summed E-state index contributed by atoms with van der Waals surface area (Å²) in [7, 11) is 0. The summed E-state index contributed by atoms with van der Waals surface area (Å²) in [5.74, 6) is -0.533. The highest BCUT2D eigenvalue weighted by molar-refractivity contribution is 5.63. The molecule has 1 aromatic carbocycles. The van der Waals surface area contributed by atoms with E-state index in [1.807, 2.05) is 19.1 Å². The summed E-state index contributed by atoms with van der Waals surface area (Å²) in [6.07, 6.45) is 4.90. The van der Waals surface area contributed by atoms with Crippen molar-refractivity contribution in [2.75, 3.05) is 6.54 Å². The Labute approximate surface area is 144 Å². The van der Waals surface area contributed by atoms with Gasteiger partial charge in [-0.15, -0.1) is 0 Å². The second-order valence-electron chi connectivity index (χ2n) is 5.64. The van der Waals surface area contributed by atoms with Gasteiger partial charge in [-0.3, -0.25) is 10.1 Å². The van der Waals surface area contributed by atoms with Gasteiger partial charge in [0.15, 0.2) is 0 Å². The first-order valence-electron chi connectivity index (χ1n) is 7.88. The van der Waals surface area contributed by atoms with Gasteiger partial charge in [-0.2, -0.15) is 5.10 Å². The van der Waals surface area contributed by atoms with E-state index >= 15 is 0 Å². The third-order valence-corrected chi connectivity index (χ3v) is 3.64.